The lowest BCUT2D eigenvalue weighted by molar-refractivity contribution is -0.141. The molecule has 1 aromatic carbocycles. The highest BCUT2D eigenvalue weighted by Gasteiger charge is 2.35. The molecule has 1 N–H and O–H groups in total. The standard InChI is InChI=1S/C17H14BF6N5O/c1-8-3-13(17(22,23)24)28-29(8)14-12(18)7-25-15(27-14)26-10-4-9(16(19,20)21)5-11(6-10)30-2/h3-7H,18H2,1-2H3,(H,25,26,27). The van der Waals surface area contributed by atoms with Crippen LogP contribution in [0, 0.1) is 6.92 Å². The highest BCUT2D eigenvalue weighted by Crippen LogP contribution is 2.34. The Morgan fingerprint density at radius 2 is 1.73 bits per heavy atom. The van der Waals surface area contributed by atoms with Crippen LogP contribution in [0.5, 0.6) is 5.75 Å². The largest absolute Gasteiger partial charge is 0.497 e. The van der Waals surface area contributed by atoms with Gasteiger partial charge in [-0.25, -0.2) is 9.67 Å². The van der Waals surface area contributed by atoms with Gasteiger partial charge in [0.25, 0.3) is 0 Å². The van der Waals surface area contributed by atoms with Crippen LogP contribution in [0.2, 0.25) is 0 Å². The van der Waals surface area contributed by atoms with E-state index in [1.54, 1.807) is 7.85 Å². The van der Waals surface area contributed by atoms with Crippen molar-refractivity contribution < 1.29 is 31.1 Å². The fourth-order valence-corrected chi connectivity index (χ4v) is 2.62. The van der Waals surface area contributed by atoms with Gasteiger partial charge in [0.05, 0.1) is 12.7 Å². The molecule has 2 heterocycles. The van der Waals surface area contributed by atoms with Gasteiger partial charge in [-0.15, -0.1) is 0 Å². The molecule has 0 bridgehead atoms. The SMILES string of the molecule is Bc1cnc(Nc2cc(OC)cc(C(F)(F)F)c2)nc1-n1nc(C(F)(F)F)cc1C. The van der Waals surface area contributed by atoms with Crippen molar-refractivity contribution in [3.63, 3.8) is 0 Å². The van der Waals surface area contributed by atoms with Gasteiger partial charge in [0, 0.05) is 23.6 Å². The molecule has 2 aromatic heterocycles. The number of methoxy groups -OCH3 is 1. The van der Waals surface area contributed by atoms with Gasteiger partial charge < -0.3 is 10.1 Å². The van der Waals surface area contributed by atoms with Crippen molar-refractivity contribution in [2.45, 2.75) is 19.3 Å². The Balaban J connectivity index is 2.00. The smallest absolute Gasteiger partial charge is 0.435 e. The maximum Gasteiger partial charge on any atom is 0.435 e. The zero-order valence-electron chi connectivity index (χ0n) is 15.9. The third-order valence-electron chi connectivity index (χ3n) is 4.05. The second-order valence-electron chi connectivity index (χ2n) is 6.35. The molecule has 0 spiro atoms. The number of aryl methyl sites for hydroxylation is 1. The summed E-state index contributed by atoms with van der Waals surface area (Å²) in [4.78, 5) is 8.11. The molecule has 6 nitrogen and oxygen atoms in total. The first-order valence-electron chi connectivity index (χ1n) is 8.39. The molecule has 0 aliphatic heterocycles. The number of rotatable bonds is 4. The summed E-state index contributed by atoms with van der Waals surface area (Å²) < 4.78 is 84.0. The van der Waals surface area contributed by atoms with Gasteiger partial charge in [-0.2, -0.15) is 36.4 Å². The molecule has 13 heteroatoms. The minimum Gasteiger partial charge on any atom is -0.497 e. The third-order valence-corrected chi connectivity index (χ3v) is 4.05. The Hall–Kier alpha value is -3.25. The number of anilines is 2. The van der Waals surface area contributed by atoms with Crippen LogP contribution in [-0.2, 0) is 12.4 Å². The maximum absolute atomic E-state index is 13.1. The zero-order chi connectivity index (χ0) is 22.3. The van der Waals surface area contributed by atoms with E-state index in [1.807, 2.05) is 0 Å². The number of ether oxygens (including phenoxy) is 1. The summed E-state index contributed by atoms with van der Waals surface area (Å²) in [6.45, 7) is 1.43. The molecule has 3 rings (SSSR count). The van der Waals surface area contributed by atoms with Gasteiger partial charge in [0.1, 0.15) is 13.6 Å². The van der Waals surface area contributed by atoms with Crippen molar-refractivity contribution in [1.82, 2.24) is 19.7 Å². The molecule has 0 radical (unpaired) electrons. The highest BCUT2D eigenvalue weighted by molar-refractivity contribution is 6.34. The second kappa shape index (κ2) is 7.54. The molecule has 0 aliphatic carbocycles. The Morgan fingerprint density at radius 1 is 1.03 bits per heavy atom. The van der Waals surface area contributed by atoms with Gasteiger partial charge in [0.15, 0.2) is 11.5 Å². The van der Waals surface area contributed by atoms with Crippen molar-refractivity contribution in [2.24, 2.45) is 0 Å². The Kier molecular flexibility index (Phi) is 5.39. The first kappa shape index (κ1) is 21.5. The van der Waals surface area contributed by atoms with E-state index >= 15 is 0 Å². The molecular formula is C17H14BF6N5O. The van der Waals surface area contributed by atoms with E-state index in [4.69, 9.17) is 4.74 Å². The monoisotopic (exact) mass is 429 g/mol. The lowest BCUT2D eigenvalue weighted by Gasteiger charge is -2.14. The number of hydrogen-bond acceptors (Lipinski definition) is 5. The molecule has 0 saturated heterocycles. The number of benzene rings is 1. The number of aromatic nitrogens is 4. The summed E-state index contributed by atoms with van der Waals surface area (Å²) in [6.07, 6.45) is -7.92. The zero-order valence-corrected chi connectivity index (χ0v) is 15.9. The molecule has 0 saturated carbocycles. The van der Waals surface area contributed by atoms with Crippen molar-refractivity contribution in [2.75, 3.05) is 12.4 Å². The number of alkyl halides is 6. The molecule has 0 amide bonds. The lowest BCUT2D eigenvalue weighted by Crippen LogP contribution is -2.19. The fourth-order valence-electron chi connectivity index (χ4n) is 2.62. The minimum atomic E-state index is -4.63. The minimum absolute atomic E-state index is 0.00959. The quantitative estimate of drug-likeness (QED) is 0.511. The Morgan fingerprint density at radius 3 is 2.30 bits per heavy atom. The summed E-state index contributed by atoms with van der Waals surface area (Å²) in [5, 5.41) is 6.16. The van der Waals surface area contributed by atoms with Crippen LogP contribution in [0.15, 0.2) is 30.5 Å². The Labute approximate surface area is 167 Å². The molecule has 3 aromatic rings. The fraction of sp³-hybridized carbons (Fsp3) is 0.235. The molecule has 0 aliphatic rings. The Bertz CT molecular complexity index is 1080. The van der Waals surface area contributed by atoms with Crippen LogP contribution >= 0.6 is 0 Å². The van der Waals surface area contributed by atoms with Gasteiger partial charge in [-0.3, -0.25) is 0 Å². The van der Waals surface area contributed by atoms with E-state index in [-0.39, 0.29) is 28.9 Å². The van der Waals surface area contributed by atoms with E-state index in [0.717, 1.165) is 22.9 Å². The van der Waals surface area contributed by atoms with E-state index in [2.05, 4.69) is 20.4 Å². The molecule has 0 fully saturated rings. The van der Waals surface area contributed by atoms with E-state index in [0.29, 0.717) is 5.46 Å². The number of hydrogen-bond donors (Lipinski definition) is 1. The molecule has 158 valence electrons. The average Bonchev–Trinajstić information content (AvgIpc) is 3.04. The van der Waals surface area contributed by atoms with Crippen molar-refractivity contribution in [3.05, 3.63) is 47.4 Å². The highest BCUT2D eigenvalue weighted by atomic mass is 19.4. The summed E-state index contributed by atoms with van der Waals surface area (Å²) in [6, 6.07) is 3.84. The summed E-state index contributed by atoms with van der Waals surface area (Å²) in [7, 11) is 2.79. The maximum atomic E-state index is 13.1. The predicted molar refractivity (Wildman–Crippen MR) is 98.3 cm³/mol. The average molecular weight is 429 g/mol. The molecule has 30 heavy (non-hydrogen) atoms. The van der Waals surface area contributed by atoms with Crippen LogP contribution < -0.4 is 15.5 Å². The van der Waals surface area contributed by atoms with Crippen LogP contribution in [0.1, 0.15) is 17.0 Å². The summed E-state index contributed by atoms with van der Waals surface area (Å²) in [5.74, 6) is -0.114. The number of nitrogens with zero attached hydrogens (tertiary/aromatic N) is 4. The lowest BCUT2D eigenvalue weighted by atomic mass is 9.99. The van der Waals surface area contributed by atoms with E-state index in [9.17, 15) is 26.3 Å². The van der Waals surface area contributed by atoms with Gasteiger partial charge in [0.2, 0.25) is 5.95 Å². The summed E-state index contributed by atoms with van der Waals surface area (Å²) in [5.41, 5.74) is -1.45. The number of nitrogens with one attached hydrogen (secondary N) is 1. The normalized spacial score (nSPS) is 12.1. The predicted octanol–water partition coefficient (Wildman–Crippen LogP) is 3.02. The number of halogens is 6. The first-order chi connectivity index (χ1) is 13.9. The molecule has 0 atom stereocenters. The van der Waals surface area contributed by atoms with Crippen LogP contribution in [-0.4, -0.2) is 34.7 Å². The van der Waals surface area contributed by atoms with E-state index in [1.165, 1.54) is 26.3 Å². The van der Waals surface area contributed by atoms with Crippen molar-refractivity contribution >= 4 is 24.9 Å². The van der Waals surface area contributed by atoms with Gasteiger partial charge in [-0.05, 0) is 30.6 Å². The second-order valence-corrected chi connectivity index (χ2v) is 6.35. The van der Waals surface area contributed by atoms with Crippen molar-refractivity contribution in [1.29, 1.82) is 0 Å². The van der Waals surface area contributed by atoms with Gasteiger partial charge >= 0.3 is 12.4 Å². The summed E-state index contributed by atoms with van der Waals surface area (Å²) >= 11 is 0. The van der Waals surface area contributed by atoms with Crippen LogP contribution in [0.4, 0.5) is 38.0 Å². The topological polar surface area (TPSA) is 64.9 Å². The van der Waals surface area contributed by atoms with Crippen molar-refractivity contribution in [3.8, 4) is 11.6 Å². The van der Waals surface area contributed by atoms with Crippen LogP contribution in [0.3, 0.4) is 0 Å². The van der Waals surface area contributed by atoms with Gasteiger partial charge in [-0.1, -0.05) is 0 Å². The molecular weight excluding hydrogens is 415 g/mol. The van der Waals surface area contributed by atoms with Crippen LogP contribution in [0.25, 0.3) is 5.82 Å². The molecule has 0 unspecified atom stereocenters. The first-order valence-corrected chi connectivity index (χ1v) is 8.39. The third kappa shape index (κ3) is 4.49. The van der Waals surface area contributed by atoms with E-state index < -0.39 is 23.6 Å².